The smallest absolute Gasteiger partial charge is 0.140 e. The van der Waals surface area contributed by atoms with Crippen LogP contribution in [0.25, 0.3) is 0 Å². The van der Waals surface area contributed by atoms with Gasteiger partial charge in [-0.15, -0.1) is 0 Å². The summed E-state index contributed by atoms with van der Waals surface area (Å²) in [7, 11) is 0. The first-order valence-corrected chi connectivity index (χ1v) is 5.77. The highest BCUT2D eigenvalue weighted by Gasteiger charge is 2.10. The van der Waals surface area contributed by atoms with Crippen molar-refractivity contribution in [2.24, 2.45) is 5.92 Å². The second-order valence-electron chi connectivity index (χ2n) is 4.12. The first-order valence-electron chi connectivity index (χ1n) is 5.77. The summed E-state index contributed by atoms with van der Waals surface area (Å²) < 4.78 is 0. The average Bonchev–Trinajstić information content (AvgIpc) is 2.29. The molecule has 0 saturated carbocycles. The van der Waals surface area contributed by atoms with Crippen molar-refractivity contribution in [2.45, 2.75) is 40.0 Å². The molecule has 0 bridgehead atoms. The average molecular weight is 204 g/mol. The van der Waals surface area contributed by atoms with Crippen LogP contribution in [0, 0.1) is 5.92 Å². The Kier molecular flexibility index (Phi) is 4.54. The number of ketones is 1. The molecule has 1 atom stereocenters. The highest BCUT2D eigenvalue weighted by atomic mass is 16.1. The molecule has 0 fully saturated rings. The van der Waals surface area contributed by atoms with Crippen LogP contribution in [0.3, 0.4) is 0 Å². The lowest BCUT2D eigenvalue weighted by Gasteiger charge is -2.07. The summed E-state index contributed by atoms with van der Waals surface area (Å²) in [6.45, 7) is 6.20. The molecule has 0 saturated heterocycles. The minimum atomic E-state index is 0.191. The monoisotopic (exact) mass is 204 g/mol. The highest BCUT2D eigenvalue weighted by molar-refractivity contribution is 5.82. The van der Waals surface area contributed by atoms with Crippen LogP contribution in [0.15, 0.2) is 24.3 Å². The van der Waals surface area contributed by atoms with Gasteiger partial charge in [0.05, 0.1) is 0 Å². The molecule has 0 N–H and O–H groups in total. The predicted octanol–water partition coefficient (Wildman–Crippen LogP) is 3.41. The zero-order chi connectivity index (χ0) is 11.3. The van der Waals surface area contributed by atoms with Crippen LogP contribution >= 0.6 is 0 Å². The third-order valence-electron chi connectivity index (χ3n) is 2.97. The van der Waals surface area contributed by atoms with Crippen molar-refractivity contribution in [3.8, 4) is 0 Å². The van der Waals surface area contributed by atoms with Gasteiger partial charge in [-0.25, -0.2) is 0 Å². The van der Waals surface area contributed by atoms with Crippen molar-refractivity contribution in [3.63, 3.8) is 0 Å². The zero-order valence-corrected chi connectivity index (χ0v) is 9.92. The van der Waals surface area contributed by atoms with Crippen LogP contribution in [-0.4, -0.2) is 5.78 Å². The zero-order valence-electron chi connectivity index (χ0n) is 9.92. The highest BCUT2D eigenvalue weighted by Crippen LogP contribution is 2.10. The lowest BCUT2D eigenvalue weighted by atomic mass is 9.97. The lowest BCUT2D eigenvalue weighted by Crippen LogP contribution is -2.12. The van der Waals surface area contributed by atoms with Crippen molar-refractivity contribution in [1.82, 2.24) is 0 Å². The largest absolute Gasteiger partial charge is 0.299 e. The molecule has 0 aromatic heterocycles. The van der Waals surface area contributed by atoms with Gasteiger partial charge in [0.15, 0.2) is 0 Å². The fourth-order valence-electron chi connectivity index (χ4n) is 1.50. The van der Waals surface area contributed by atoms with E-state index in [-0.39, 0.29) is 5.92 Å². The molecule has 0 radical (unpaired) electrons. The van der Waals surface area contributed by atoms with Gasteiger partial charge in [-0.2, -0.15) is 0 Å². The Morgan fingerprint density at radius 1 is 1.13 bits per heavy atom. The van der Waals surface area contributed by atoms with Crippen molar-refractivity contribution in [3.05, 3.63) is 35.4 Å². The van der Waals surface area contributed by atoms with Crippen LogP contribution in [0.1, 0.15) is 38.3 Å². The topological polar surface area (TPSA) is 17.1 Å². The van der Waals surface area contributed by atoms with Gasteiger partial charge in [0.25, 0.3) is 0 Å². The molecular weight excluding hydrogens is 184 g/mol. The fourth-order valence-corrected chi connectivity index (χ4v) is 1.50. The van der Waals surface area contributed by atoms with Gasteiger partial charge in [0.1, 0.15) is 5.78 Å². The maximum Gasteiger partial charge on any atom is 0.140 e. The van der Waals surface area contributed by atoms with Crippen LogP contribution in [0.5, 0.6) is 0 Å². The van der Waals surface area contributed by atoms with Gasteiger partial charge < -0.3 is 0 Å². The van der Waals surface area contributed by atoms with Gasteiger partial charge in [0.2, 0.25) is 0 Å². The molecular formula is C14H20O. The van der Waals surface area contributed by atoms with Crippen molar-refractivity contribution in [2.75, 3.05) is 0 Å². The molecule has 0 aliphatic carbocycles. The van der Waals surface area contributed by atoms with E-state index in [9.17, 15) is 4.79 Å². The van der Waals surface area contributed by atoms with Crippen LogP contribution in [0.2, 0.25) is 0 Å². The van der Waals surface area contributed by atoms with Gasteiger partial charge in [-0.3, -0.25) is 4.79 Å². The predicted molar refractivity (Wildman–Crippen MR) is 64.0 cm³/mol. The molecule has 1 aromatic rings. The second kappa shape index (κ2) is 5.69. The van der Waals surface area contributed by atoms with Crippen molar-refractivity contribution >= 4 is 5.78 Å². The Morgan fingerprint density at radius 3 is 2.13 bits per heavy atom. The minimum Gasteiger partial charge on any atom is -0.299 e. The summed E-state index contributed by atoms with van der Waals surface area (Å²) >= 11 is 0. The molecule has 0 aliphatic rings. The fraction of sp³-hybridized carbons (Fsp3) is 0.500. The van der Waals surface area contributed by atoms with Gasteiger partial charge >= 0.3 is 0 Å². The number of hydrogen-bond donors (Lipinski definition) is 0. The molecule has 1 rings (SSSR count). The molecule has 0 spiro atoms. The summed E-state index contributed by atoms with van der Waals surface area (Å²) in [6, 6.07) is 8.36. The standard InChI is InChI=1S/C14H20O/c1-4-11(3)14(15)10-13-8-6-12(5-2)7-9-13/h6-9,11H,4-5,10H2,1-3H3. The third-order valence-corrected chi connectivity index (χ3v) is 2.97. The number of aryl methyl sites for hydroxylation is 1. The van der Waals surface area contributed by atoms with E-state index in [1.54, 1.807) is 0 Å². The Bertz CT molecular complexity index is 311. The van der Waals surface area contributed by atoms with E-state index in [1.165, 1.54) is 5.56 Å². The first kappa shape index (κ1) is 12.0. The SMILES string of the molecule is CCc1ccc(CC(=O)C(C)CC)cc1. The normalized spacial score (nSPS) is 12.5. The number of carbonyl (C=O) groups is 1. The lowest BCUT2D eigenvalue weighted by molar-refractivity contribution is -0.121. The van der Waals surface area contributed by atoms with E-state index < -0.39 is 0 Å². The maximum atomic E-state index is 11.7. The molecule has 0 amide bonds. The minimum absolute atomic E-state index is 0.191. The number of benzene rings is 1. The quantitative estimate of drug-likeness (QED) is 0.718. The number of Topliss-reactive ketones (excluding diaryl/α,β-unsaturated/α-hetero) is 1. The second-order valence-corrected chi connectivity index (χ2v) is 4.12. The number of carbonyl (C=O) groups excluding carboxylic acids is 1. The van der Waals surface area contributed by atoms with Crippen LogP contribution in [-0.2, 0) is 17.6 Å². The molecule has 0 aliphatic heterocycles. The number of rotatable bonds is 5. The Morgan fingerprint density at radius 2 is 1.67 bits per heavy atom. The molecule has 1 unspecified atom stereocenters. The summed E-state index contributed by atoms with van der Waals surface area (Å²) in [6.07, 6.45) is 2.57. The summed E-state index contributed by atoms with van der Waals surface area (Å²) in [4.78, 5) is 11.7. The summed E-state index contributed by atoms with van der Waals surface area (Å²) in [5.74, 6) is 0.539. The van der Waals surface area contributed by atoms with E-state index in [2.05, 4.69) is 38.1 Å². The summed E-state index contributed by atoms with van der Waals surface area (Å²) in [5.41, 5.74) is 2.47. The molecule has 0 heterocycles. The Hall–Kier alpha value is -1.11. The van der Waals surface area contributed by atoms with Gasteiger partial charge in [0, 0.05) is 12.3 Å². The van der Waals surface area contributed by atoms with Crippen LogP contribution < -0.4 is 0 Å². The Labute approximate surface area is 92.5 Å². The van der Waals surface area contributed by atoms with Gasteiger partial charge in [-0.1, -0.05) is 45.0 Å². The van der Waals surface area contributed by atoms with E-state index in [1.807, 2.05) is 6.92 Å². The molecule has 1 nitrogen and oxygen atoms in total. The van der Waals surface area contributed by atoms with E-state index in [0.29, 0.717) is 12.2 Å². The molecule has 82 valence electrons. The maximum absolute atomic E-state index is 11.7. The van der Waals surface area contributed by atoms with E-state index in [0.717, 1.165) is 18.4 Å². The first-order chi connectivity index (χ1) is 7.17. The van der Waals surface area contributed by atoms with Crippen LogP contribution in [0.4, 0.5) is 0 Å². The summed E-state index contributed by atoms with van der Waals surface area (Å²) in [5, 5.41) is 0. The molecule has 15 heavy (non-hydrogen) atoms. The number of hydrogen-bond acceptors (Lipinski definition) is 1. The van der Waals surface area contributed by atoms with Crippen molar-refractivity contribution < 1.29 is 4.79 Å². The Balaban J connectivity index is 2.61. The van der Waals surface area contributed by atoms with Crippen molar-refractivity contribution in [1.29, 1.82) is 0 Å². The molecule has 1 heteroatoms. The van der Waals surface area contributed by atoms with E-state index in [4.69, 9.17) is 0 Å². The third kappa shape index (κ3) is 3.50. The van der Waals surface area contributed by atoms with Gasteiger partial charge in [-0.05, 0) is 24.0 Å². The van der Waals surface area contributed by atoms with E-state index >= 15 is 0 Å². The molecule has 1 aromatic carbocycles.